The number of hydrogen-bond acceptors (Lipinski definition) is 5. The van der Waals surface area contributed by atoms with Gasteiger partial charge in [-0.1, -0.05) is 24.3 Å². The number of nitrogens with zero attached hydrogens (tertiary/aromatic N) is 2. The lowest BCUT2D eigenvalue weighted by Crippen LogP contribution is -2.45. The van der Waals surface area contributed by atoms with Crippen molar-refractivity contribution in [2.24, 2.45) is 0 Å². The van der Waals surface area contributed by atoms with E-state index in [1.54, 1.807) is 6.20 Å². The molecule has 0 radical (unpaired) electrons. The largest absolute Gasteiger partial charge is 0.483 e. The molecule has 0 saturated carbocycles. The van der Waals surface area contributed by atoms with Gasteiger partial charge in [0.1, 0.15) is 5.75 Å². The first kappa shape index (κ1) is 18.9. The molecule has 148 valence electrons. The van der Waals surface area contributed by atoms with Gasteiger partial charge in [-0.2, -0.15) is 0 Å². The molecule has 1 aromatic heterocycles. The standard InChI is InChI=1S/C22H27N3O3/c26-22-16-28-20-9-2-1-7-18(20)8-3-4-11-27-21-15-25(14-19(21)24-22)13-17-6-5-10-23-12-17/h1-2,5-7,9-10,12,19,21H,3-4,8,11,13-16H2,(H,24,26)/t19-,21-/m0/s1. The van der Waals surface area contributed by atoms with Gasteiger partial charge in [-0.25, -0.2) is 0 Å². The molecule has 0 aliphatic carbocycles. The summed E-state index contributed by atoms with van der Waals surface area (Å²) < 4.78 is 12.0. The quantitative estimate of drug-likeness (QED) is 0.864. The third-order valence-corrected chi connectivity index (χ3v) is 5.32. The number of rotatable bonds is 2. The summed E-state index contributed by atoms with van der Waals surface area (Å²) in [5.41, 5.74) is 2.32. The van der Waals surface area contributed by atoms with Crippen molar-refractivity contribution in [1.29, 1.82) is 0 Å². The smallest absolute Gasteiger partial charge is 0.258 e. The van der Waals surface area contributed by atoms with Gasteiger partial charge in [0.25, 0.3) is 5.91 Å². The number of hydrogen-bond donors (Lipinski definition) is 1. The summed E-state index contributed by atoms with van der Waals surface area (Å²) in [5, 5.41) is 3.12. The van der Waals surface area contributed by atoms with Crippen molar-refractivity contribution >= 4 is 5.91 Å². The van der Waals surface area contributed by atoms with Crippen LogP contribution in [-0.4, -0.2) is 54.2 Å². The van der Waals surface area contributed by atoms with Crippen LogP contribution in [0.1, 0.15) is 24.0 Å². The number of pyridine rings is 1. The minimum absolute atomic E-state index is 0.00347. The summed E-state index contributed by atoms with van der Waals surface area (Å²) in [6.07, 6.45) is 6.64. The van der Waals surface area contributed by atoms with E-state index in [1.165, 1.54) is 5.56 Å². The molecule has 3 heterocycles. The van der Waals surface area contributed by atoms with Gasteiger partial charge in [0.2, 0.25) is 0 Å². The van der Waals surface area contributed by atoms with Gasteiger partial charge in [0.05, 0.1) is 12.1 Å². The van der Waals surface area contributed by atoms with Gasteiger partial charge >= 0.3 is 0 Å². The van der Waals surface area contributed by atoms with Crippen LogP contribution in [-0.2, 0) is 22.5 Å². The van der Waals surface area contributed by atoms with E-state index in [1.807, 2.05) is 30.5 Å². The number of aryl methyl sites for hydroxylation is 1. The minimum Gasteiger partial charge on any atom is -0.483 e. The summed E-state index contributed by atoms with van der Waals surface area (Å²) >= 11 is 0. The lowest BCUT2D eigenvalue weighted by Gasteiger charge is -2.20. The highest BCUT2D eigenvalue weighted by Gasteiger charge is 2.34. The Morgan fingerprint density at radius 2 is 2.07 bits per heavy atom. The SMILES string of the molecule is O=C1COc2ccccc2CCCCO[C@H]2CN(Cc3cccnc3)C[C@@H]2N1. The minimum atomic E-state index is -0.101. The zero-order valence-corrected chi connectivity index (χ0v) is 16.0. The van der Waals surface area contributed by atoms with Crippen molar-refractivity contribution < 1.29 is 14.3 Å². The molecule has 0 spiro atoms. The third kappa shape index (κ3) is 4.88. The Bertz CT molecular complexity index is 784. The first-order chi connectivity index (χ1) is 13.8. The lowest BCUT2D eigenvalue weighted by atomic mass is 10.1. The number of amides is 1. The Morgan fingerprint density at radius 1 is 1.14 bits per heavy atom. The molecule has 1 fully saturated rings. The maximum Gasteiger partial charge on any atom is 0.258 e. The number of carbonyl (C=O) groups excluding carboxylic acids is 1. The number of fused-ring (bicyclic) bond motifs is 2. The molecule has 0 bridgehead atoms. The molecule has 6 heteroatoms. The molecule has 2 aromatic rings. The second-order valence-electron chi connectivity index (χ2n) is 7.49. The number of para-hydroxylation sites is 1. The van der Waals surface area contributed by atoms with Crippen LogP contribution in [0.5, 0.6) is 5.75 Å². The van der Waals surface area contributed by atoms with Crippen LogP contribution in [0.25, 0.3) is 0 Å². The van der Waals surface area contributed by atoms with Crippen molar-refractivity contribution in [3.05, 3.63) is 59.9 Å². The van der Waals surface area contributed by atoms with E-state index < -0.39 is 0 Å². The average Bonchev–Trinajstić information content (AvgIpc) is 3.08. The van der Waals surface area contributed by atoms with E-state index in [9.17, 15) is 4.79 Å². The maximum atomic E-state index is 12.5. The Kier molecular flexibility index (Phi) is 6.19. The van der Waals surface area contributed by atoms with E-state index in [4.69, 9.17) is 9.47 Å². The summed E-state index contributed by atoms with van der Waals surface area (Å²) in [5.74, 6) is 0.704. The van der Waals surface area contributed by atoms with Gasteiger partial charge in [-0.3, -0.25) is 14.7 Å². The monoisotopic (exact) mass is 381 g/mol. The summed E-state index contributed by atoms with van der Waals surface area (Å²) in [4.78, 5) is 19.0. The van der Waals surface area contributed by atoms with Crippen LogP contribution in [0.15, 0.2) is 48.8 Å². The van der Waals surface area contributed by atoms with Crippen molar-refractivity contribution in [2.75, 3.05) is 26.3 Å². The highest BCUT2D eigenvalue weighted by molar-refractivity contribution is 5.78. The molecule has 0 unspecified atom stereocenters. The van der Waals surface area contributed by atoms with Crippen molar-refractivity contribution in [1.82, 2.24) is 15.2 Å². The second kappa shape index (κ2) is 9.17. The predicted octanol–water partition coefficient (Wildman–Crippen LogP) is 2.18. The fourth-order valence-electron chi connectivity index (χ4n) is 3.93. The molecule has 1 saturated heterocycles. The molecule has 1 amide bonds. The lowest BCUT2D eigenvalue weighted by molar-refractivity contribution is -0.124. The highest BCUT2D eigenvalue weighted by atomic mass is 16.5. The summed E-state index contributed by atoms with van der Waals surface area (Å²) in [6, 6.07) is 12.0. The molecular weight excluding hydrogens is 354 g/mol. The van der Waals surface area contributed by atoms with Crippen LogP contribution in [0, 0.1) is 0 Å². The van der Waals surface area contributed by atoms with Crippen molar-refractivity contribution in [3.63, 3.8) is 0 Å². The number of ether oxygens (including phenoxy) is 2. The zero-order valence-electron chi connectivity index (χ0n) is 16.0. The second-order valence-corrected chi connectivity index (χ2v) is 7.49. The molecule has 4 rings (SSSR count). The third-order valence-electron chi connectivity index (χ3n) is 5.32. The normalized spacial score (nSPS) is 23.9. The number of benzene rings is 1. The molecule has 2 aliphatic rings. The topological polar surface area (TPSA) is 63.7 Å². The molecule has 28 heavy (non-hydrogen) atoms. The van der Waals surface area contributed by atoms with Crippen LogP contribution in [0.2, 0.25) is 0 Å². The van der Waals surface area contributed by atoms with Crippen LogP contribution in [0.3, 0.4) is 0 Å². The Hall–Kier alpha value is -2.44. The van der Waals surface area contributed by atoms with E-state index in [2.05, 4.69) is 27.3 Å². The van der Waals surface area contributed by atoms with Crippen LogP contribution >= 0.6 is 0 Å². The molecule has 2 atom stereocenters. The van der Waals surface area contributed by atoms with E-state index in [-0.39, 0.29) is 24.7 Å². The molecule has 2 aliphatic heterocycles. The summed E-state index contributed by atoms with van der Waals surface area (Å²) in [7, 11) is 0. The number of nitrogens with one attached hydrogen (secondary N) is 1. The van der Waals surface area contributed by atoms with Gasteiger partial charge in [0, 0.05) is 38.6 Å². The fourth-order valence-corrected chi connectivity index (χ4v) is 3.93. The van der Waals surface area contributed by atoms with Crippen LogP contribution in [0.4, 0.5) is 0 Å². The first-order valence-electron chi connectivity index (χ1n) is 10.0. The average molecular weight is 381 g/mol. The summed E-state index contributed by atoms with van der Waals surface area (Å²) in [6.45, 7) is 3.12. The van der Waals surface area contributed by atoms with Crippen molar-refractivity contribution in [2.45, 2.75) is 38.0 Å². The fraction of sp³-hybridized carbons (Fsp3) is 0.455. The van der Waals surface area contributed by atoms with Gasteiger partial charge < -0.3 is 14.8 Å². The molecular formula is C22H27N3O3. The van der Waals surface area contributed by atoms with Crippen LogP contribution < -0.4 is 10.1 Å². The number of carbonyl (C=O) groups is 1. The maximum absolute atomic E-state index is 12.5. The van der Waals surface area contributed by atoms with E-state index in [0.29, 0.717) is 6.61 Å². The predicted molar refractivity (Wildman–Crippen MR) is 106 cm³/mol. The van der Waals surface area contributed by atoms with E-state index in [0.717, 1.165) is 50.2 Å². The molecule has 6 nitrogen and oxygen atoms in total. The number of aromatic nitrogens is 1. The van der Waals surface area contributed by atoms with Gasteiger partial charge in [0.15, 0.2) is 6.61 Å². The van der Waals surface area contributed by atoms with Gasteiger partial charge in [-0.15, -0.1) is 0 Å². The Morgan fingerprint density at radius 3 is 2.96 bits per heavy atom. The molecule has 1 aromatic carbocycles. The number of likely N-dealkylation sites (tertiary alicyclic amines) is 1. The highest BCUT2D eigenvalue weighted by Crippen LogP contribution is 2.22. The van der Waals surface area contributed by atoms with Crippen molar-refractivity contribution in [3.8, 4) is 5.75 Å². The molecule has 1 N–H and O–H groups in total. The van der Waals surface area contributed by atoms with Gasteiger partial charge in [-0.05, 0) is 42.5 Å². The zero-order chi connectivity index (χ0) is 19.2. The first-order valence-corrected chi connectivity index (χ1v) is 10.0. The van der Waals surface area contributed by atoms with E-state index >= 15 is 0 Å². The Balaban J connectivity index is 1.41. The Labute approximate surface area is 165 Å².